The van der Waals surface area contributed by atoms with Gasteiger partial charge < -0.3 is 24.3 Å². The second-order valence-electron chi connectivity index (χ2n) is 4.75. The van der Waals surface area contributed by atoms with Gasteiger partial charge in [0.2, 0.25) is 0 Å². The van der Waals surface area contributed by atoms with Crippen molar-refractivity contribution < 1.29 is 18.9 Å². The minimum absolute atomic E-state index is 0.139. The third-order valence-electron chi connectivity index (χ3n) is 3.25. The molecule has 0 aromatic heterocycles. The van der Waals surface area contributed by atoms with Crippen LogP contribution < -0.4 is 14.8 Å². The van der Waals surface area contributed by atoms with Crippen molar-refractivity contribution in [1.82, 2.24) is 5.32 Å². The Morgan fingerprint density at radius 2 is 2.25 bits per heavy atom. The fraction of sp³-hybridized carbons (Fsp3) is 0.600. The van der Waals surface area contributed by atoms with Crippen molar-refractivity contribution in [3.05, 3.63) is 23.8 Å². The van der Waals surface area contributed by atoms with Gasteiger partial charge >= 0.3 is 0 Å². The molecular formula is C15H23NO4. The Hall–Kier alpha value is -1.30. The van der Waals surface area contributed by atoms with Crippen LogP contribution in [0.2, 0.25) is 0 Å². The minimum atomic E-state index is 0.139. The van der Waals surface area contributed by atoms with Gasteiger partial charge in [-0.05, 0) is 6.07 Å². The lowest BCUT2D eigenvalue weighted by Crippen LogP contribution is -2.21. The molecule has 0 aliphatic carbocycles. The molecule has 0 saturated carbocycles. The van der Waals surface area contributed by atoms with Crippen LogP contribution in [-0.2, 0) is 16.0 Å². The zero-order chi connectivity index (χ0) is 14.2. The second kappa shape index (κ2) is 8.09. The van der Waals surface area contributed by atoms with E-state index < -0.39 is 0 Å². The van der Waals surface area contributed by atoms with Gasteiger partial charge in [0, 0.05) is 38.2 Å². The van der Waals surface area contributed by atoms with E-state index in [1.165, 1.54) is 0 Å². The molecule has 20 heavy (non-hydrogen) atoms. The summed E-state index contributed by atoms with van der Waals surface area (Å²) in [5, 5.41) is 3.33. The Balaban J connectivity index is 2.00. The van der Waals surface area contributed by atoms with Gasteiger partial charge in [-0.3, -0.25) is 0 Å². The smallest absolute Gasteiger partial charge is 0.128 e. The molecule has 112 valence electrons. The first-order valence-electron chi connectivity index (χ1n) is 6.94. The van der Waals surface area contributed by atoms with E-state index in [0.29, 0.717) is 13.2 Å². The highest BCUT2D eigenvalue weighted by Crippen LogP contribution is 2.27. The van der Waals surface area contributed by atoms with Crippen LogP contribution in [0.15, 0.2) is 18.2 Å². The number of benzene rings is 1. The van der Waals surface area contributed by atoms with Crippen molar-refractivity contribution in [2.75, 3.05) is 40.6 Å². The van der Waals surface area contributed by atoms with Gasteiger partial charge in [-0.1, -0.05) is 6.07 Å². The number of hydrogen-bond acceptors (Lipinski definition) is 5. The molecule has 0 spiro atoms. The molecule has 1 aromatic carbocycles. The molecule has 1 atom stereocenters. The normalized spacial score (nSPS) is 18.2. The summed E-state index contributed by atoms with van der Waals surface area (Å²) in [4.78, 5) is 0. The van der Waals surface area contributed by atoms with Gasteiger partial charge in [0.05, 0.1) is 26.9 Å². The molecule has 1 saturated heterocycles. The number of rotatable bonds is 8. The predicted octanol–water partition coefficient (Wildman–Crippen LogP) is 1.60. The zero-order valence-electron chi connectivity index (χ0n) is 12.2. The first-order valence-corrected chi connectivity index (χ1v) is 6.94. The molecule has 5 nitrogen and oxygen atoms in total. The molecule has 0 radical (unpaired) electrons. The molecule has 1 N–H and O–H groups in total. The molecule has 0 amide bonds. The highest BCUT2D eigenvalue weighted by atomic mass is 16.5. The van der Waals surface area contributed by atoms with Crippen LogP contribution in [0.5, 0.6) is 11.5 Å². The first-order chi connectivity index (χ1) is 9.83. The van der Waals surface area contributed by atoms with Crippen LogP contribution in [0.4, 0.5) is 0 Å². The van der Waals surface area contributed by atoms with Crippen molar-refractivity contribution in [3.63, 3.8) is 0 Å². The van der Waals surface area contributed by atoms with Crippen LogP contribution in [0.25, 0.3) is 0 Å². The first kappa shape index (κ1) is 15.1. The summed E-state index contributed by atoms with van der Waals surface area (Å²) in [5.41, 5.74) is 1.12. The molecule has 0 bridgehead atoms. The van der Waals surface area contributed by atoms with Crippen LogP contribution in [-0.4, -0.2) is 46.7 Å². The number of methoxy groups -OCH3 is 2. The summed E-state index contributed by atoms with van der Waals surface area (Å²) in [5.74, 6) is 1.67. The Morgan fingerprint density at radius 1 is 1.35 bits per heavy atom. The summed E-state index contributed by atoms with van der Waals surface area (Å²) in [7, 11) is 3.36. The molecule has 1 unspecified atom stereocenters. The lowest BCUT2D eigenvalue weighted by Gasteiger charge is -2.17. The minimum Gasteiger partial charge on any atom is -0.497 e. The fourth-order valence-corrected chi connectivity index (χ4v) is 2.10. The summed E-state index contributed by atoms with van der Waals surface area (Å²) >= 11 is 0. The SMILES string of the molecule is COCCNCc1ccc(OC)cc1OC1CCOC1. The van der Waals surface area contributed by atoms with Crippen LogP contribution >= 0.6 is 0 Å². The Bertz CT molecular complexity index is 405. The van der Waals surface area contributed by atoms with E-state index in [9.17, 15) is 0 Å². The number of nitrogens with one attached hydrogen (secondary N) is 1. The maximum Gasteiger partial charge on any atom is 0.128 e. The highest BCUT2D eigenvalue weighted by Gasteiger charge is 2.19. The van der Waals surface area contributed by atoms with Crippen molar-refractivity contribution in [2.45, 2.75) is 19.1 Å². The summed E-state index contributed by atoms with van der Waals surface area (Å²) < 4.78 is 21.7. The summed E-state index contributed by atoms with van der Waals surface area (Å²) in [6.45, 7) is 3.69. The Labute approximate surface area is 120 Å². The third kappa shape index (κ3) is 4.37. The fourth-order valence-electron chi connectivity index (χ4n) is 2.10. The standard InChI is InChI=1S/C15H23NO4/c1-17-8-6-16-10-12-3-4-13(18-2)9-15(12)20-14-5-7-19-11-14/h3-4,9,14,16H,5-8,10-11H2,1-2H3. The van der Waals surface area contributed by atoms with Crippen LogP contribution in [0.1, 0.15) is 12.0 Å². The van der Waals surface area contributed by atoms with Crippen LogP contribution in [0.3, 0.4) is 0 Å². The van der Waals surface area contributed by atoms with Crippen molar-refractivity contribution in [3.8, 4) is 11.5 Å². The topological polar surface area (TPSA) is 49.0 Å². The van der Waals surface area contributed by atoms with E-state index in [4.69, 9.17) is 18.9 Å². The van der Waals surface area contributed by atoms with Gasteiger partial charge in [0.15, 0.2) is 0 Å². The average Bonchev–Trinajstić information content (AvgIpc) is 2.97. The second-order valence-corrected chi connectivity index (χ2v) is 4.75. The Kier molecular flexibility index (Phi) is 6.11. The number of hydrogen-bond donors (Lipinski definition) is 1. The van der Waals surface area contributed by atoms with E-state index in [-0.39, 0.29) is 6.10 Å². The highest BCUT2D eigenvalue weighted by molar-refractivity contribution is 5.41. The molecule has 1 aliphatic heterocycles. The van der Waals surface area contributed by atoms with Crippen molar-refractivity contribution in [1.29, 1.82) is 0 Å². The number of ether oxygens (including phenoxy) is 4. The molecule has 2 rings (SSSR count). The van der Waals surface area contributed by atoms with Crippen LogP contribution in [0, 0.1) is 0 Å². The largest absolute Gasteiger partial charge is 0.497 e. The molecular weight excluding hydrogens is 258 g/mol. The van der Waals surface area contributed by atoms with Crippen molar-refractivity contribution in [2.24, 2.45) is 0 Å². The predicted molar refractivity (Wildman–Crippen MR) is 76.4 cm³/mol. The lowest BCUT2D eigenvalue weighted by molar-refractivity contribution is 0.140. The third-order valence-corrected chi connectivity index (χ3v) is 3.25. The lowest BCUT2D eigenvalue weighted by atomic mass is 10.2. The molecule has 1 heterocycles. The van der Waals surface area contributed by atoms with E-state index >= 15 is 0 Å². The van der Waals surface area contributed by atoms with E-state index in [2.05, 4.69) is 5.32 Å². The summed E-state index contributed by atoms with van der Waals surface area (Å²) in [6.07, 6.45) is 1.08. The average molecular weight is 281 g/mol. The van der Waals surface area contributed by atoms with Gasteiger partial charge in [-0.2, -0.15) is 0 Å². The molecule has 1 fully saturated rings. The van der Waals surface area contributed by atoms with Gasteiger partial charge in [0.25, 0.3) is 0 Å². The van der Waals surface area contributed by atoms with Gasteiger partial charge in [0.1, 0.15) is 17.6 Å². The zero-order valence-corrected chi connectivity index (χ0v) is 12.2. The van der Waals surface area contributed by atoms with Gasteiger partial charge in [-0.15, -0.1) is 0 Å². The van der Waals surface area contributed by atoms with E-state index in [1.807, 2.05) is 18.2 Å². The molecule has 1 aliphatic rings. The van der Waals surface area contributed by atoms with Crippen molar-refractivity contribution >= 4 is 0 Å². The Morgan fingerprint density at radius 3 is 2.95 bits per heavy atom. The molecule has 5 heteroatoms. The maximum absolute atomic E-state index is 6.03. The quantitative estimate of drug-likeness (QED) is 0.733. The molecule has 1 aromatic rings. The maximum atomic E-state index is 6.03. The monoisotopic (exact) mass is 281 g/mol. The summed E-state index contributed by atoms with van der Waals surface area (Å²) in [6, 6.07) is 5.92. The van der Waals surface area contributed by atoms with E-state index in [1.54, 1.807) is 14.2 Å². The van der Waals surface area contributed by atoms with E-state index in [0.717, 1.165) is 43.2 Å². The van der Waals surface area contributed by atoms with Gasteiger partial charge in [-0.25, -0.2) is 0 Å².